The molecule has 10 heavy (non-hydrogen) atoms. The van der Waals surface area contributed by atoms with Crippen molar-refractivity contribution in [3.05, 3.63) is 12.2 Å². The van der Waals surface area contributed by atoms with Crippen LogP contribution < -0.4 is 0 Å². The van der Waals surface area contributed by atoms with Gasteiger partial charge >= 0.3 is 0 Å². The second-order valence-corrected chi connectivity index (χ2v) is 2.98. The van der Waals surface area contributed by atoms with Gasteiger partial charge in [-0.3, -0.25) is 0 Å². The Morgan fingerprint density at radius 1 is 1.80 bits per heavy atom. The molecule has 56 valence electrons. The molecule has 0 aliphatic heterocycles. The van der Waals surface area contributed by atoms with Crippen molar-refractivity contribution in [3.8, 4) is 0 Å². The molecule has 2 nitrogen and oxygen atoms in total. The van der Waals surface area contributed by atoms with Crippen LogP contribution in [0, 0.1) is 11.3 Å². The van der Waals surface area contributed by atoms with Gasteiger partial charge in [-0.1, -0.05) is 12.2 Å². The van der Waals surface area contributed by atoms with E-state index in [9.17, 15) is 5.11 Å². The molecule has 0 aromatic heterocycles. The highest BCUT2D eigenvalue weighted by Crippen LogP contribution is 2.26. The normalized spacial score (nSPS) is 39.6. The van der Waals surface area contributed by atoms with E-state index in [0.717, 1.165) is 12.8 Å². The molecule has 0 aromatic rings. The Labute approximate surface area is 61.1 Å². The number of allylic oxidation sites excluding steroid dienone is 1. The fourth-order valence-corrected chi connectivity index (χ4v) is 1.27. The quantitative estimate of drug-likeness (QED) is 0.418. The Balaban J connectivity index is 2.75. The average molecular weight is 139 g/mol. The molecular formula is C8H13NO. The third kappa shape index (κ3) is 1.27. The van der Waals surface area contributed by atoms with Crippen molar-refractivity contribution < 1.29 is 5.11 Å². The largest absolute Gasteiger partial charge is 0.385 e. The molecule has 0 amide bonds. The van der Waals surface area contributed by atoms with E-state index in [1.807, 2.05) is 6.08 Å². The first-order valence-electron chi connectivity index (χ1n) is 3.57. The first kappa shape index (κ1) is 7.48. The highest BCUT2D eigenvalue weighted by Gasteiger charge is 2.28. The Morgan fingerprint density at radius 2 is 2.50 bits per heavy atom. The molecule has 0 radical (unpaired) electrons. The van der Waals surface area contributed by atoms with Gasteiger partial charge in [0.25, 0.3) is 0 Å². The topological polar surface area (TPSA) is 44.1 Å². The molecule has 0 aromatic carbocycles. The predicted octanol–water partition coefficient (Wildman–Crippen LogP) is 1.35. The molecule has 2 atom stereocenters. The van der Waals surface area contributed by atoms with Gasteiger partial charge in [-0.2, -0.15) is 0 Å². The van der Waals surface area contributed by atoms with Gasteiger partial charge < -0.3 is 10.5 Å². The molecule has 1 aliphatic rings. The lowest BCUT2D eigenvalue weighted by molar-refractivity contribution is 0.0682. The van der Waals surface area contributed by atoms with E-state index in [0.29, 0.717) is 0 Å². The summed E-state index contributed by atoms with van der Waals surface area (Å²) in [5, 5.41) is 16.6. The summed E-state index contributed by atoms with van der Waals surface area (Å²) in [6.07, 6.45) is 6.97. The molecule has 0 saturated heterocycles. The fraction of sp³-hybridized carbons (Fsp3) is 0.625. The minimum absolute atomic E-state index is 0.0116. The van der Waals surface area contributed by atoms with E-state index in [1.54, 1.807) is 13.0 Å². The van der Waals surface area contributed by atoms with E-state index < -0.39 is 5.60 Å². The second kappa shape index (κ2) is 2.54. The van der Waals surface area contributed by atoms with Gasteiger partial charge in [-0.05, 0) is 19.8 Å². The molecule has 0 heterocycles. The van der Waals surface area contributed by atoms with Crippen LogP contribution in [0.25, 0.3) is 0 Å². The van der Waals surface area contributed by atoms with Crippen LogP contribution in [0.3, 0.4) is 0 Å². The van der Waals surface area contributed by atoms with Crippen LogP contribution in [0.2, 0.25) is 0 Å². The number of aliphatic hydroxyl groups is 1. The molecule has 1 aliphatic carbocycles. The SMILES string of the molecule is CC1(O)C=CCCC1C=N. The standard InChI is InChI=1S/C8H13NO/c1-8(10)5-3-2-4-7(8)6-9/h3,5-7,9-10H,2,4H2,1H3. The summed E-state index contributed by atoms with van der Waals surface area (Å²) in [5.41, 5.74) is -0.778. The van der Waals surface area contributed by atoms with E-state index in [4.69, 9.17) is 5.41 Å². The third-order valence-corrected chi connectivity index (χ3v) is 2.05. The minimum atomic E-state index is -0.778. The van der Waals surface area contributed by atoms with Crippen LogP contribution in [0.15, 0.2) is 12.2 Å². The molecule has 0 fully saturated rings. The maximum absolute atomic E-state index is 9.60. The molecule has 2 heteroatoms. The van der Waals surface area contributed by atoms with Crippen molar-refractivity contribution in [1.82, 2.24) is 0 Å². The zero-order valence-corrected chi connectivity index (χ0v) is 6.17. The van der Waals surface area contributed by atoms with Crippen LogP contribution in [0.1, 0.15) is 19.8 Å². The van der Waals surface area contributed by atoms with Crippen molar-refractivity contribution in [1.29, 1.82) is 5.41 Å². The van der Waals surface area contributed by atoms with Crippen LogP contribution in [-0.4, -0.2) is 16.9 Å². The fourth-order valence-electron chi connectivity index (χ4n) is 1.27. The second-order valence-electron chi connectivity index (χ2n) is 2.98. The summed E-state index contributed by atoms with van der Waals surface area (Å²) >= 11 is 0. The van der Waals surface area contributed by atoms with Crippen LogP contribution in [0.5, 0.6) is 0 Å². The number of hydrogen-bond donors (Lipinski definition) is 2. The molecule has 0 bridgehead atoms. The van der Waals surface area contributed by atoms with Crippen molar-refractivity contribution in [3.63, 3.8) is 0 Å². The molecule has 2 N–H and O–H groups in total. The predicted molar refractivity (Wildman–Crippen MR) is 41.3 cm³/mol. The number of nitrogens with one attached hydrogen (secondary N) is 1. The lowest BCUT2D eigenvalue weighted by Gasteiger charge is -2.29. The zero-order valence-electron chi connectivity index (χ0n) is 6.17. The van der Waals surface area contributed by atoms with Crippen LogP contribution in [-0.2, 0) is 0 Å². The van der Waals surface area contributed by atoms with Crippen molar-refractivity contribution in [2.24, 2.45) is 5.92 Å². The first-order valence-corrected chi connectivity index (χ1v) is 3.57. The lowest BCUT2D eigenvalue weighted by atomic mass is 9.82. The Bertz CT molecular complexity index is 161. The van der Waals surface area contributed by atoms with E-state index in [2.05, 4.69) is 0 Å². The molecular weight excluding hydrogens is 126 g/mol. The Hall–Kier alpha value is -0.630. The Kier molecular flexibility index (Phi) is 1.90. The number of rotatable bonds is 1. The van der Waals surface area contributed by atoms with E-state index in [-0.39, 0.29) is 5.92 Å². The summed E-state index contributed by atoms with van der Waals surface area (Å²) in [4.78, 5) is 0. The van der Waals surface area contributed by atoms with Gasteiger partial charge in [0.05, 0.1) is 5.60 Å². The summed E-state index contributed by atoms with van der Waals surface area (Å²) in [5.74, 6) is 0.0116. The highest BCUT2D eigenvalue weighted by molar-refractivity contribution is 5.60. The minimum Gasteiger partial charge on any atom is -0.385 e. The monoisotopic (exact) mass is 139 g/mol. The summed E-state index contributed by atoms with van der Waals surface area (Å²) in [7, 11) is 0. The molecule has 0 spiro atoms. The van der Waals surface area contributed by atoms with Crippen molar-refractivity contribution in [2.45, 2.75) is 25.4 Å². The van der Waals surface area contributed by atoms with Crippen LogP contribution >= 0.6 is 0 Å². The van der Waals surface area contributed by atoms with Crippen molar-refractivity contribution >= 4 is 6.21 Å². The first-order chi connectivity index (χ1) is 4.67. The lowest BCUT2D eigenvalue weighted by Crippen LogP contribution is -2.34. The smallest absolute Gasteiger partial charge is 0.0876 e. The third-order valence-electron chi connectivity index (χ3n) is 2.05. The van der Waals surface area contributed by atoms with E-state index in [1.165, 1.54) is 6.21 Å². The van der Waals surface area contributed by atoms with Crippen molar-refractivity contribution in [2.75, 3.05) is 0 Å². The van der Waals surface area contributed by atoms with Gasteiger partial charge in [0, 0.05) is 12.1 Å². The molecule has 1 rings (SSSR count). The average Bonchev–Trinajstić information content (AvgIpc) is 1.87. The highest BCUT2D eigenvalue weighted by atomic mass is 16.3. The molecule has 0 saturated carbocycles. The van der Waals surface area contributed by atoms with Gasteiger partial charge in [-0.15, -0.1) is 0 Å². The number of hydrogen-bond acceptors (Lipinski definition) is 2. The molecule has 2 unspecified atom stereocenters. The zero-order chi connectivity index (χ0) is 7.61. The summed E-state index contributed by atoms with van der Waals surface area (Å²) < 4.78 is 0. The van der Waals surface area contributed by atoms with E-state index >= 15 is 0 Å². The Morgan fingerprint density at radius 3 is 2.90 bits per heavy atom. The summed E-state index contributed by atoms with van der Waals surface area (Å²) in [6.45, 7) is 1.75. The van der Waals surface area contributed by atoms with Gasteiger partial charge in [0.15, 0.2) is 0 Å². The van der Waals surface area contributed by atoms with Gasteiger partial charge in [0.1, 0.15) is 0 Å². The maximum atomic E-state index is 9.60. The maximum Gasteiger partial charge on any atom is 0.0876 e. The van der Waals surface area contributed by atoms with Gasteiger partial charge in [0.2, 0.25) is 0 Å². The van der Waals surface area contributed by atoms with Crippen LogP contribution in [0.4, 0.5) is 0 Å². The van der Waals surface area contributed by atoms with Gasteiger partial charge in [-0.25, -0.2) is 0 Å². The summed E-state index contributed by atoms with van der Waals surface area (Å²) in [6, 6.07) is 0.